The zero-order valence-corrected chi connectivity index (χ0v) is 12.3. The number of ether oxygens (including phenoxy) is 1. The molecule has 0 aliphatic carbocycles. The highest BCUT2D eigenvalue weighted by atomic mass is 19.4. The van der Waals surface area contributed by atoms with Gasteiger partial charge >= 0.3 is 6.36 Å². The Labute approximate surface area is 127 Å². The van der Waals surface area contributed by atoms with Crippen LogP contribution in [0.5, 0.6) is 5.75 Å². The summed E-state index contributed by atoms with van der Waals surface area (Å²) >= 11 is 0. The van der Waals surface area contributed by atoms with Crippen molar-refractivity contribution in [2.45, 2.75) is 32.2 Å². The van der Waals surface area contributed by atoms with Crippen molar-refractivity contribution in [1.82, 2.24) is 10.2 Å². The van der Waals surface area contributed by atoms with Crippen molar-refractivity contribution in [2.24, 2.45) is 0 Å². The van der Waals surface area contributed by atoms with Crippen LogP contribution in [-0.4, -0.2) is 42.8 Å². The average Bonchev–Trinajstić information content (AvgIpc) is 2.97. The predicted octanol–water partition coefficient (Wildman–Crippen LogP) is 2.80. The first-order valence-electron chi connectivity index (χ1n) is 7.28. The summed E-state index contributed by atoms with van der Waals surface area (Å²) in [4.78, 5) is 14.3. The summed E-state index contributed by atoms with van der Waals surface area (Å²) in [5.74, 6) is -0.484. The quantitative estimate of drug-likeness (QED) is 0.908. The number of benzene rings is 1. The molecule has 0 bridgehead atoms. The van der Waals surface area contributed by atoms with Gasteiger partial charge in [0.25, 0.3) is 5.91 Å². The van der Waals surface area contributed by atoms with Crippen molar-refractivity contribution < 1.29 is 22.7 Å². The van der Waals surface area contributed by atoms with Crippen molar-refractivity contribution in [2.75, 3.05) is 19.6 Å². The molecule has 1 N–H and O–H groups in total. The Hall–Kier alpha value is -1.76. The van der Waals surface area contributed by atoms with Gasteiger partial charge in [-0.3, -0.25) is 4.79 Å². The van der Waals surface area contributed by atoms with Crippen molar-refractivity contribution >= 4 is 5.91 Å². The average molecular weight is 316 g/mol. The number of hydrogen-bond acceptors (Lipinski definition) is 3. The second-order valence-corrected chi connectivity index (χ2v) is 5.22. The molecule has 1 fully saturated rings. The summed E-state index contributed by atoms with van der Waals surface area (Å²) in [6, 6.07) is 5.21. The van der Waals surface area contributed by atoms with Gasteiger partial charge in [-0.1, -0.05) is 6.92 Å². The van der Waals surface area contributed by atoms with Crippen LogP contribution in [0.1, 0.15) is 30.1 Å². The molecule has 1 aliphatic rings. The second-order valence-electron chi connectivity index (χ2n) is 5.22. The maximum absolute atomic E-state index is 12.6. The molecule has 0 aromatic heterocycles. The van der Waals surface area contributed by atoms with E-state index in [1.807, 2.05) is 6.92 Å². The zero-order valence-electron chi connectivity index (χ0n) is 12.3. The smallest absolute Gasteiger partial charge is 0.406 e. The van der Waals surface area contributed by atoms with Gasteiger partial charge < -0.3 is 15.0 Å². The maximum atomic E-state index is 12.6. The van der Waals surface area contributed by atoms with Crippen LogP contribution in [0.2, 0.25) is 0 Å². The van der Waals surface area contributed by atoms with E-state index in [1.165, 1.54) is 12.1 Å². The van der Waals surface area contributed by atoms with Gasteiger partial charge in [0.05, 0.1) is 0 Å². The molecule has 0 radical (unpaired) electrons. The van der Waals surface area contributed by atoms with E-state index in [9.17, 15) is 18.0 Å². The first-order valence-corrected chi connectivity index (χ1v) is 7.28. The van der Waals surface area contributed by atoms with E-state index in [0.717, 1.165) is 38.1 Å². The molecular weight excluding hydrogens is 297 g/mol. The normalized spacial score (nSPS) is 18.3. The number of halogens is 3. The van der Waals surface area contributed by atoms with Crippen molar-refractivity contribution in [1.29, 1.82) is 0 Å². The molecule has 1 atom stereocenters. The van der Waals surface area contributed by atoms with Gasteiger partial charge in [0.1, 0.15) is 5.75 Å². The van der Waals surface area contributed by atoms with Crippen LogP contribution in [0.4, 0.5) is 13.2 Å². The largest absolute Gasteiger partial charge is 0.573 e. The van der Waals surface area contributed by atoms with Gasteiger partial charge in [0, 0.05) is 24.7 Å². The summed E-state index contributed by atoms with van der Waals surface area (Å²) in [5.41, 5.74) is 0.370. The number of alkyl halides is 3. The molecule has 0 spiro atoms. The molecule has 22 heavy (non-hydrogen) atoms. The summed E-state index contributed by atoms with van der Waals surface area (Å²) in [5, 5.41) is 3.21. The number of carbonyl (C=O) groups excluding carboxylic acids is 1. The molecule has 1 amide bonds. The van der Waals surface area contributed by atoms with E-state index in [0.29, 0.717) is 12.1 Å². The van der Waals surface area contributed by atoms with Gasteiger partial charge in [-0.2, -0.15) is 0 Å². The van der Waals surface area contributed by atoms with E-state index in [4.69, 9.17) is 0 Å². The summed E-state index contributed by atoms with van der Waals surface area (Å²) in [7, 11) is 0. The zero-order chi connectivity index (χ0) is 16.2. The minimum absolute atomic E-state index is 0.138. The van der Waals surface area contributed by atoms with Crippen LogP contribution in [0.3, 0.4) is 0 Å². The lowest BCUT2D eigenvalue weighted by atomic mass is 10.1. The highest BCUT2D eigenvalue weighted by molar-refractivity contribution is 5.94. The fourth-order valence-corrected chi connectivity index (χ4v) is 2.56. The first-order chi connectivity index (χ1) is 10.4. The Morgan fingerprint density at radius 2 is 2.05 bits per heavy atom. The van der Waals surface area contributed by atoms with Crippen LogP contribution in [-0.2, 0) is 0 Å². The van der Waals surface area contributed by atoms with Gasteiger partial charge in [-0.05, 0) is 43.7 Å². The highest BCUT2D eigenvalue weighted by Gasteiger charge is 2.31. The van der Waals surface area contributed by atoms with Crippen LogP contribution >= 0.6 is 0 Å². The van der Waals surface area contributed by atoms with Gasteiger partial charge in [0.15, 0.2) is 0 Å². The Morgan fingerprint density at radius 3 is 2.55 bits per heavy atom. The van der Waals surface area contributed by atoms with Gasteiger partial charge in [0.2, 0.25) is 0 Å². The molecule has 7 heteroatoms. The third kappa shape index (κ3) is 4.37. The number of nitrogens with one attached hydrogen (secondary N) is 1. The molecule has 2 rings (SSSR count). The Morgan fingerprint density at radius 1 is 1.36 bits per heavy atom. The Bertz CT molecular complexity index is 497. The lowest BCUT2D eigenvalue weighted by molar-refractivity contribution is -0.274. The molecule has 122 valence electrons. The van der Waals surface area contributed by atoms with E-state index in [1.54, 1.807) is 4.90 Å². The third-order valence-electron chi connectivity index (χ3n) is 3.54. The first kappa shape index (κ1) is 16.6. The molecule has 1 aromatic rings. The molecular formula is C15H19F3N2O2. The number of hydrogen-bond donors (Lipinski definition) is 1. The summed E-state index contributed by atoms with van der Waals surface area (Å²) < 4.78 is 40.2. The minimum atomic E-state index is -4.73. The Balaban J connectivity index is 2.09. The van der Waals surface area contributed by atoms with Crippen molar-refractivity contribution in [3.63, 3.8) is 0 Å². The van der Waals surface area contributed by atoms with Gasteiger partial charge in [-0.25, -0.2) is 0 Å². The number of nitrogens with zero attached hydrogens (tertiary/aromatic N) is 1. The number of amides is 1. The molecule has 0 saturated carbocycles. The highest BCUT2D eigenvalue weighted by Crippen LogP contribution is 2.23. The summed E-state index contributed by atoms with van der Waals surface area (Å²) in [6.45, 7) is 4.24. The standard InChI is InChI=1S/C15H19F3N2O2/c1-2-9-20(12-7-8-19-10-12)14(21)11-3-5-13(6-4-11)22-15(16,17)18/h3-6,12,19H,2,7-10H2,1H3. The van der Waals surface area contributed by atoms with E-state index in [2.05, 4.69) is 10.1 Å². The van der Waals surface area contributed by atoms with Crippen LogP contribution in [0.25, 0.3) is 0 Å². The van der Waals surface area contributed by atoms with Crippen LogP contribution in [0.15, 0.2) is 24.3 Å². The van der Waals surface area contributed by atoms with Crippen LogP contribution in [0, 0.1) is 0 Å². The molecule has 1 heterocycles. The lowest BCUT2D eigenvalue weighted by Gasteiger charge is -2.28. The van der Waals surface area contributed by atoms with E-state index < -0.39 is 6.36 Å². The molecule has 1 aromatic carbocycles. The SMILES string of the molecule is CCCN(C(=O)c1ccc(OC(F)(F)F)cc1)C1CCNC1. The molecule has 1 saturated heterocycles. The molecule has 1 unspecified atom stereocenters. The predicted molar refractivity (Wildman–Crippen MR) is 75.7 cm³/mol. The number of carbonyl (C=O) groups is 1. The van der Waals surface area contributed by atoms with E-state index in [-0.39, 0.29) is 17.7 Å². The Kier molecular flexibility index (Phi) is 5.28. The topological polar surface area (TPSA) is 41.6 Å². The molecule has 4 nitrogen and oxygen atoms in total. The van der Waals surface area contributed by atoms with E-state index >= 15 is 0 Å². The lowest BCUT2D eigenvalue weighted by Crippen LogP contribution is -2.42. The van der Waals surface area contributed by atoms with Crippen molar-refractivity contribution in [3.05, 3.63) is 29.8 Å². The monoisotopic (exact) mass is 316 g/mol. The van der Waals surface area contributed by atoms with Crippen molar-refractivity contribution in [3.8, 4) is 5.75 Å². The number of rotatable bonds is 5. The molecule has 1 aliphatic heterocycles. The second kappa shape index (κ2) is 7.00. The minimum Gasteiger partial charge on any atom is -0.406 e. The fraction of sp³-hybridized carbons (Fsp3) is 0.533. The third-order valence-corrected chi connectivity index (χ3v) is 3.54. The maximum Gasteiger partial charge on any atom is 0.573 e. The fourth-order valence-electron chi connectivity index (χ4n) is 2.56. The van der Waals surface area contributed by atoms with Gasteiger partial charge in [-0.15, -0.1) is 13.2 Å². The summed E-state index contributed by atoms with van der Waals surface area (Å²) in [6.07, 6.45) is -3.01. The van der Waals surface area contributed by atoms with Crippen LogP contribution < -0.4 is 10.1 Å².